The maximum Gasteiger partial charge on any atom is 0.257 e. The molecule has 1 amide bonds. The Kier molecular flexibility index (Phi) is 7.80. The number of halogens is 1. The monoisotopic (exact) mass is 474 g/mol. The van der Waals surface area contributed by atoms with Crippen molar-refractivity contribution >= 4 is 23.1 Å². The second-order valence-electron chi connectivity index (χ2n) is 8.88. The lowest BCUT2D eigenvalue weighted by Crippen LogP contribution is -2.38. The average molecular weight is 475 g/mol. The molecule has 1 aliphatic rings. The van der Waals surface area contributed by atoms with Crippen molar-refractivity contribution in [3.8, 4) is 5.75 Å². The van der Waals surface area contributed by atoms with Crippen molar-refractivity contribution in [3.63, 3.8) is 0 Å². The molecule has 182 valence electrons. The van der Waals surface area contributed by atoms with Crippen LogP contribution in [0, 0.1) is 11.7 Å². The summed E-state index contributed by atoms with van der Waals surface area (Å²) in [5.41, 5.74) is 3.93. The molecule has 5 nitrogen and oxygen atoms in total. The summed E-state index contributed by atoms with van der Waals surface area (Å²) in [4.78, 5) is 28.5. The summed E-state index contributed by atoms with van der Waals surface area (Å²) in [7, 11) is 1.59. The molecular weight excluding hydrogens is 443 g/mol. The molecule has 0 aliphatic carbocycles. The van der Waals surface area contributed by atoms with Gasteiger partial charge >= 0.3 is 0 Å². The molecule has 0 aromatic heterocycles. The number of rotatable bonds is 8. The van der Waals surface area contributed by atoms with E-state index in [-0.39, 0.29) is 23.4 Å². The summed E-state index contributed by atoms with van der Waals surface area (Å²) in [5.74, 6) is 0.113. The third-order valence-electron chi connectivity index (χ3n) is 6.52. The molecule has 0 saturated carbocycles. The van der Waals surface area contributed by atoms with Crippen molar-refractivity contribution in [2.45, 2.75) is 32.6 Å². The lowest BCUT2D eigenvalue weighted by Gasteiger charge is -2.35. The maximum absolute atomic E-state index is 13.4. The number of anilines is 2. The molecule has 1 saturated heterocycles. The highest BCUT2D eigenvalue weighted by molar-refractivity contribution is 6.08. The van der Waals surface area contributed by atoms with Crippen molar-refractivity contribution < 1.29 is 18.7 Å². The first-order valence-electron chi connectivity index (χ1n) is 12.1. The fourth-order valence-corrected chi connectivity index (χ4v) is 4.73. The van der Waals surface area contributed by atoms with E-state index < -0.39 is 0 Å². The van der Waals surface area contributed by atoms with E-state index in [1.807, 2.05) is 30.3 Å². The molecule has 4 rings (SSSR count). The van der Waals surface area contributed by atoms with Crippen LogP contribution in [0.5, 0.6) is 5.75 Å². The van der Waals surface area contributed by atoms with Crippen molar-refractivity contribution in [2.75, 3.05) is 30.4 Å². The molecule has 1 N–H and O–H groups in total. The van der Waals surface area contributed by atoms with Crippen LogP contribution in [0.2, 0.25) is 0 Å². The minimum Gasteiger partial charge on any atom is -0.497 e. The number of ether oxygens (including phenoxy) is 1. The van der Waals surface area contributed by atoms with Gasteiger partial charge in [-0.3, -0.25) is 9.59 Å². The quantitative estimate of drug-likeness (QED) is 0.399. The van der Waals surface area contributed by atoms with Crippen molar-refractivity contribution in [1.82, 2.24) is 0 Å². The lowest BCUT2D eigenvalue weighted by atomic mass is 9.88. The van der Waals surface area contributed by atoms with Crippen LogP contribution in [-0.4, -0.2) is 31.9 Å². The number of aryl methyl sites for hydroxylation is 1. The van der Waals surface area contributed by atoms with Gasteiger partial charge in [0.1, 0.15) is 11.6 Å². The molecule has 3 aromatic carbocycles. The number of carbonyl (C=O) groups is 2. The standard InChI is InChI=1S/C29H31FN2O3/c1-3-6-20-7-4-10-26(29(34)31-24-8-5-9-25(19-24)35-2)27(20)32-17-15-22(16-18-32)28(33)21-11-13-23(30)14-12-21/h4-5,7-14,19,22H,3,6,15-18H2,1-2H3,(H,31,34). The zero-order valence-corrected chi connectivity index (χ0v) is 20.2. The van der Waals surface area contributed by atoms with Crippen LogP contribution >= 0.6 is 0 Å². The summed E-state index contributed by atoms with van der Waals surface area (Å²) >= 11 is 0. The van der Waals surface area contributed by atoms with Gasteiger partial charge in [0.2, 0.25) is 0 Å². The first-order chi connectivity index (χ1) is 17.0. The van der Waals surface area contributed by atoms with Crippen LogP contribution in [0.25, 0.3) is 0 Å². The average Bonchev–Trinajstić information content (AvgIpc) is 2.89. The number of ketones is 1. The molecule has 0 radical (unpaired) electrons. The number of carbonyl (C=O) groups excluding carboxylic acids is 2. The summed E-state index contributed by atoms with van der Waals surface area (Å²) in [6.07, 6.45) is 3.21. The zero-order valence-electron chi connectivity index (χ0n) is 20.2. The molecule has 0 spiro atoms. The van der Waals surface area contributed by atoms with Gasteiger partial charge in [0.25, 0.3) is 5.91 Å². The Hall–Kier alpha value is -3.67. The number of Topliss-reactive ketones (excluding diaryl/α,β-unsaturated/α-hetero) is 1. The van der Waals surface area contributed by atoms with E-state index in [1.54, 1.807) is 25.3 Å². The molecule has 0 bridgehead atoms. The molecule has 0 unspecified atom stereocenters. The molecule has 35 heavy (non-hydrogen) atoms. The third kappa shape index (κ3) is 5.70. The van der Waals surface area contributed by atoms with Gasteiger partial charge in [-0.05, 0) is 67.3 Å². The summed E-state index contributed by atoms with van der Waals surface area (Å²) in [6.45, 7) is 3.48. The predicted molar refractivity (Wildman–Crippen MR) is 137 cm³/mol. The number of hydrogen-bond acceptors (Lipinski definition) is 4. The Morgan fingerprint density at radius 1 is 1.03 bits per heavy atom. The fraction of sp³-hybridized carbons (Fsp3) is 0.310. The van der Waals surface area contributed by atoms with Crippen molar-refractivity contribution in [2.24, 2.45) is 5.92 Å². The number of nitrogens with one attached hydrogen (secondary N) is 1. The minimum atomic E-state index is -0.344. The molecule has 1 fully saturated rings. The van der Waals surface area contributed by atoms with Gasteiger partial charge in [-0.25, -0.2) is 4.39 Å². The van der Waals surface area contributed by atoms with E-state index in [4.69, 9.17) is 4.74 Å². The number of methoxy groups -OCH3 is 1. The first kappa shape index (κ1) is 24.5. The van der Waals surface area contributed by atoms with Crippen LogP contribution in [0.3, 0.4) is 0 Å². The summed E-state index contributed by atoms with van der Waals surface area (Å²) in [5, 5.41) is 3.00. The Morgan fingerprint density at radius 3 is 2.43 bits per heavy atom. The molecule has 6 heteroatoms. The minimum absolute atomic E-state index is 0.0579. The molecule has 1 heterocycles. The van der Waals surface area contributed by atoms with Gasteiger partial charge in [-0.2, -0.15) is 0 Å². The molecular formula is C29H31FN2O3. The lowest BCUT2D eigenvalue weighted by molar-refractivity contribution is 0.0899. The van der Waals surface area contributed by atoms with Gasteiger partial charge in [0.15, 0.2) is 5.78 Å². The number of hydrogen-bond donors (Lipinski definition) is 1. The first-order valence-corrected chi connectivity index (χ1v) is 12.1. The summed E-state index contributed by atoms with van der Waals surface area (Å²) < 4.78 is 18.5. The van der Waals surface area contributed by atoms with E-state index in [1.165, 1.54) is 12.1 Å². The van der Waals surface area contributed by atoms with E-state index in [2.05, 4.69) is 23.2 Å². The van der Waals surface area contributed by atoms with E-state index >= 15 is 0 Å². The second kappa shape index (κ2) is 11.2. The van der Waals surface area contributed by atoms with Crippen LogP contribution < -0.4 is 15.0 Å². The number of amides is 1. The van der Waals surface area contributed by atoms with E-state index in [0.717, 1.165) is 24.1 Å². The number of nitrogens with zero attached hydrogens (tertiary/aromatic N) is 1. The summed E-state index contributed by atoms with van der Waals surface area (Å²) in [6, 6.07) is 18.9. The fourth-order valence-electron chi connectivity index (χ4n) is 4.73. The number of para-hydroxylation sites is 1. The van der Waals surface area contributed by atoms with Crippen LogP contribution in [0.4, 0.5) is 15.8 Å². The smallest absolute Gasteiger partial charge is 0.257 e. The largest absolute Gasteiger partial charge is 0.497 e. The highest BCUT2D eigenvalue weighted by Crippen LogP contribution is 2.33. The predicted octanol–water partition coefficient (Wildman–Crippen LogP) is 6.14. The number of piperidine rings is 1. The normalized spacial score (nSPS) is 14.0. The maximum atomic E-state index is 13.4. The van der Waals surface area contributed by atoms with Crippen LogP contribution in [0.15, 0.2) is 66.7 Å². The third-order valence-corrected chi connectivity index (χ3v) is 6.52. The second-order valence-corrected chi connectivity index (χ2v) is 8.88. The van der Waals surface area contributed by atoms with Crippen molar-refractivity contribution in [3.05, 3.63) is 89.2 Å². The van der Waals surface area contributed by atoms with Crippen LogP contribution in [0.1, 0.15) is 52.5 Å². The van der Waals surface area contributed by atoms with Crippen molar-refractivity contribution in [1.29, 1.82) is 0 Å². The highest BCUT2D eigenvalue weighted by atomic mass is 19.1. The Labute approximate surface area is 205 Å². The van der Waals surface area contributed by atoms with Gasteiger partial charge < -0.3 is 15.0 Å². The van der Waals surface area contributed by atoms with Gasteiger partial charge in [-0.15, -0.1) is 0 Å². The SMILES string of the molecule is CCCc1cccc(C(=O)Nc2cccc(OC)c2)c1N1CCC(C(=O)c2ccc(F)cc2)CC1. The Morgan fingerprint density at radius 2 is 1.74 bits per heavy atom. The molecule has 0 atom stereocenters. The zero-order chi connectivity index (χ0) is 24.8. The van der Waals surface area contributed by atoms with Gasteiger partial charge in [-0.1, -0.05) is 31.5 Å². The molecule has 1 aliphatic heterocycles. The van der Waals surface area contributed by atoms with Gasteiger partial charge in [0, 0.05) is 36.3 Å². The molecule has 3 aromatic rings. The number of benzene rings is 3. The van der Waals surface area contributed by atoms with Crippen LogP contribution in [-0.2, 0) is 6.42 Å². The van der Waals surface area contributed by atoms with Gasteiger partial charge in [0.05, 0.1) is 18.4 Å². The Balaban J connectivity index is 1.54. The van der Waals surface area contributed by atoms with E-state index in [9.17, 15) is 14.0 Å². The van der Waals surface area contributed by atoms with E-state index in [0.29, 0.717) is 48.5 Å². The highest BCUT2D eigenvalue weighted by Gasteiger charge is 2.29. The topological polar surface area (TPSA) is 58.6 Å². The Bertz CT molecular complexity index is 1180.